The van der Waals surface area contributed by atoms with Crippen LogP contribution in [-0.4, -0.2) is 20.1 Å². The van der Waals surface area contributed by atoms with Gasteiger partial charge in [-0.25, -0.2) is 8.42 Å². The molecule has 0 bridgehead atoms. The predicted octanol–water partition coefficient (Wildman–Crippen LogP) is 2.57. The summed E-state index contributed by atoms with van der Waals surface area (Å²) in [6.45, 7) is 1.54. The van der Waals surface area contributed by atoms with Crippen LogP contribution < -0.4 is 10.0 Å². The number of nitriles is 1. The number of hydrogen-bond acceptors (Lipinski definition) is 4. The van der Waals surface area contributed by atoms with Crippen molar-refractivity contribution in [3.8, 4) is 6.07 Å². The minimum atomic E-state index is -3.34. The first kappa shape index (κ1) is 16.5. The third kappa shape index (κ3) is 4.56. The summed E-state index contributed by atoms with van der Waals surface area (Å²) in [6.07, 6.45) is 0. The summed E-state index contributed by atoms with van der Waals surface area (Å²) >= 11 is 0. The Morgan fingerprint density at radius 1 is 1.13 bits per heavy atom. The van der Waals surface area contributed by atoms with Crippen LogP contribution in [0.25, 0.3) is 0 Å². The number of carbonyl (C=O) groups is 1. The van der Waals surface area contributed by atoms with Gasteiger partial charge in [0.2, 0.25) is 10.0 Å². The van der Waals surface area contributed by atoms with Gasteiger partial charge in [-0.15, -0.1) is 0 Å². The zero-order chi connectivity index (χ0) is 16.9. The molecule has 2 rings (SSSR count). The third-order valence-corrected chi connectivity index (χ3v) is 4.36. The van der Waals surface area contributed by atoms with E-state index in [1.54, 1.807) is 31.2 Å². The molecular formula is C16H15N3O3S. The molecule has 0 aliphatic rings. The fourth-order valence-corrected chi connectivity index (χ4v) is 2.45. The molecule has 0 saturated heterocycles. The lowest BCUT2D eigenvalue weighted by Gasteiger charge is -2.08. The minimum Gasteiger partial charge on any atom is -0.322 e. The fourth-order valence-electron chi connectivity index (χ4n) is 1.81. The van der Waals surface area contributed by atoms with Gasteiger partial charge in [-0.05, 0) is 49.4 Å². The Morgan fingerprint density at radius 3 is 2.43 bits per heavy atom. The molecule has 2 aromatic carbocycles. The standard InChI is InChI=1S/C16H15N3O3S/c1-2-23(21,22)19-14-8-6-13(7-9-14)16(20)18-15-5-3-4-12(10-15)11-17/h3-10,19H,2H2,1H3,(H,18,20). The van der Waals surface area contributed by atoms with Gasteiger partial charge in [0.15, 0.2) is 0 Å². The Hall–Kier alpha value is -2.85. The third-order valence-electron chi connectivity index (χ3n) is 3.05. The highest BCUT2D eigenvalue weighted by molar-refractivity contribution is 7.92. The maximum absolute atomic E-state index is 12.1. The molecule has 0 aromatic heterocycles. The summed E-state index contributed by atoms with van der Waals surface area (Å²) in [5.74, 6) is -0.366. The first-order chi connectivity index (χ1) is 10.9. The quantitative estimate of drug-likeness (QED) is 0.880. The molecular weight excluding hydrogens is 314 g/mol. The molecule has 0 aliphatic carbocycles. The zero-order valence-electron chi connectivity index (χ0n) is 12.4. The number of rotatable bonds is 5. The van der Waals surface area contributed by atoms with Crippen molar-refractivity contribution in [1.82, 2.24) is 0 Å². The Labute approximate surface area is 134 Å². The van der Waals surface area contributed by atoms with Crippen LogP contribution in [0.2, 0.25) is 0 Å². The molecule has 0 saturated carbocycles. The number of nitrogens with zero attached hydrogens (tertiary/aromatic N) is 1. The van der Waals surface area contributed by atoms with Crippen molar-refractivity contribution in [2.75, 3.05) is 15.8 Å². The lowest BCUT2D eigenvalue weighted by Crippen LogP contribution is -2.15. The van der Waals surface area contributed by atoms with Gasteiger partial charge in [-0.2, -0.15) is 5.26 Å². The van der Waals surface area contributed by atoms with E-state index in [4.69, 9.17) is 5.26 Å². The van der Waals surface area contributed by atoms with E-state index >= 15 is 0 Å². The van der Waals surface area contributed by atoms with E-state index in [0.29, 0.717) is 22.5 Å². The van der Waals surface area contributed by atoms with Gasteiger partial charge in [-0.3, -0.25) is 9.52 Å². The lowest BCUT2D eigenvalue weighted by molar-refractivity contribution is 0.102. The number of sulfonamides is 1. The van der Waals surface area contributed by atoms with Crippen molar-refractivity contribution in [2.24, 2.45) is 0 Å². The summed E-state index contributed by atoms with van der Waals surface area (Å²) < 4.78 is 25.3. The topological polar surface area (TPSA) is 99.1 Å². The number of amides is 1. The number of nitrogens with one attached hydrogen (secondary N) is 2. The number of carbonyl (C=O) groups excluding carboxylic acids is 1. The Kier molecular flexibility index (Phi) is 4.98. The molecule has 0 fully saturated rings. The number of benzene rings is 2. The second-order valence-electron chi connectivity index (χ2n) is 4.73. The largest absolute Gasteiger partial charge is 0.322 e. The van der Waals surface area contributed by atoms with E-state index in [1.165, 1.54) is 24.3 Å². The van der Waals surface area contributed by atoms with E-state index < -0.39 is 10.0 Å². The monoisotopic (exact) mass is 329 g/mol. The van der Waals surface area contributed by atoms with Crippen LogP contribution in [-0.2, 0) is 10.0 Å². The van der Waals surface area contributed by atoms with Gasteiger partial charge in [0.25, 0.3) is 5.91 Å². The van der Waals surface area contributed by atoms with Crippen LogP contribution in [0.1, 0.15) is 22.8 Å². The number of anilines is 2. The summed E-state index contributed by atoms with van der Waals surface area (Å²) in [4.78, 5) is 12.1. The molecule has 0 heterocycles. The van der Waals surface area contributed by atoms with E-state index in [1.807, 2.05) is 6.07 Å². The van der Waals surface area contributed by atoms with Crippen molar-refractivity contribution >= 4 is 27.3 Å². The maximum Gasteiger partial charge on any atom is 0.255 e. The van der Waals surface area contributed by atoms with E-state index in [9.17, 15) is 13.2 Å². The average molecular weight is 329 g/mol. The molecule has 0 spiro atoms. The molecule has 23 heavy (non-hydrogen) atoms. The van der Waals surface area contributed by atoms with Crippen molar-refractivity contribution in [3.05, 3.63) is 59.7 Å². The van der Waals surface area contributed by atoms with Gasteiger partial charge in [0.05, 0.1) is 17.4 Å². The molecule has 118 valence electrons. The highest BCUT2D eigenvalue weighted by atomic mass is 32.2. The Bertz CT molecular complexity index is 853. The smallest absolute Gasteiger partial charge is 0.255 e. The van der Waals surface area contributed by atoms with E-state index in [0.717, 1.165) is 0 Å². The molecule has 0 atom stereocenters. The van der Waals surface area contributed by atoms with Crippen LogP contribution in [0.3, 0.4) is 0 Å². The van der Waals surface area contributed by atoms with Gasteiger partial charge in [-0.1, -0.05) is 6.07 Å². The summed E-state index contributed by atoms with van der Waals surface area (Å²) in [5, 5.41) is 11.5. The van der Waals surface area contributed by atoms with Crippen molar-refractivity contribution in [3.63, 3.8) is 0 Å². The minimum absolute atomic E-state index is 0.0233. The molecule has 0 radical (unpaired) electrons. The van der Waals surface area contributed by atoms with E-state index in [-0.39, 0.29) is 11.7 Å². The van der Waals surface area contributed by atoms with Crippen molar-refractivity contribution in [1.29, 1.82) is 5.26 Å². The van der Waals surface area contributed by atoms with E-state index in [2.05, 4.69) is 10.0 Å². The van der Waals surface area contributed by atoms with Crippen LogP contribution >= 0.6 is 0 Å². The molecule has 6 nitrogen and oxygen atoms in total. The Morgan fingerprint density at radius 2 is 1.83 bits per heavy atom. The summed E-state index contributed by atoms with van der Waals surface area (Å²) in [5.41, 5.74) is 1.75. The number of hydrogen-bond donors (Lipinski definition) is 2. The summed E-state index contributed by atoms with van der Waals surface area (Å²) in [7, 11) is -3.34. The van der Waals surface area contributed by atoms with Gasteiger partial charge >= 0.3 is 0 Å². The maximum atomic E-state index is 12.1. The second-order valence-corrected chi connectivity index (χ2v) is 6.74. The van der Waals surface area contributed by atoms with Crippen molar-refractivity contribution in [2.45, 2.75) is 6.92 Å². The van der Waals surface area contributed by atoms with Gasteiger partial charge < -0.3 is 5.32 Å². The highest BCUT2D eigenvalue weighted by Crippen LogP contribution is 2.14. The summed E-state index contributed by atoms with van der Waals surface area (Å²) in [6, 6.07) is 14.7. The predicted molar refractivity (Wildman–Crippen MR) is 88.6 cm³/mol. The van der Waals surface area contributed by atoms with Crippen LogP contribution in [0, 0.1) is 11.3 Å². The second kappa shape index (κ2) is 6.94. The highest BCUT2D eigenvalue weighted by Gasteiger charge is 2.09. The van der Waals surface area contributed by atoms with Crippen molar-refractivity contribution < 1.29 is 13.2 Å². The molecule has 2 N–H and O–H groups in total. The Balaban J connectivity index is 2.10. The van der Waals surface area contributed by atoms with Gasteiger partial charge in [0.1, 0.15) is 0 Å². The SMILES string of the molecule is CCS(=O)(=O)Nc1ccc(C(=O)Nc2cccc(C#N)c2)cc1. The lowest BCUT2D eigenvalue weighted by atomic mass is 10.1. The molecule has 7 heteroatoms. The first-order valence-electron chi connectivity index (χ1n) is 6.85. The fraction of sp³-hybridized carbons (Fsp3) is 0.125. The average Bonchev–Trinajstić information content (AvgIpc) is 2.55. The first-order valence-corrected chi connectivity index (χ1v) is 8.51. The van der Waals surface area contributed by atoms with Crippen LogP contribution in [0.15, 0.2) is 48.5 Å². The normalized spacial score (nSPS) is 10.6. The molecule has 0 unspecified atom stereocenters. The zero-order valence-corrected chi connectivity index (χ0v) is 13.2. The van der Waals surface area contributed by atoms with Gasteiger partial charge in [0, 0.05) is 16.9 Å². The van der Waals surface area contributed by atoms with Crippen LogP contribution in [0.5, 0.6) is 0 Å². The van der Waals surface area contributed by atoms with Crippen LogP contribution in [0.4, 0.5) is 11.4 Å². The molecule has 1 amide bonds. The molecule has 2 aromatic rings. The molecule has 0 aliphatic heterocycles.